The van der Waals surface area contributed by atoms with Gasteiger partial charge in [0.05, 0.1) is 15.6 Å². The Balaban J connectivity index is 1.71. The number of ether oxygens (including phenoxy) is 1. The second-order valence-corrected chi connectivity index (χ2v) is 6.54. The lowest BCUT2D eigenvalue weighted by Gasteiger charge is -2.12. The van der Waals surface area contributed by atoms with Crippen molar-refractivity contribution in [3.8, 4) is 5.75 Å². The van der Waals surface area contributed by atoms with Crippen molar-refractivity contribution >= 4 is 52.1 Å². The van der Waals surface area contributed by atoms with Crippen LogP contribution < -0.4 is 20.9 Å². The molecule has 0 fully saturated rings. The highest BCUT2D eigenvalue weighted by atomic mass is 35.5. The highest BCUT2D eigenvalue weighted by Crippen LogP contribution is 2.34. The molecule has 0 radical (unpaired) electrons. The third-order valence-corrected chi connectivity index (χ3v) is 4.17. The van der Waals surface area contributed by atoms with E-state index in [1.807, 2.05) is 6.07 Å². The Bertz CT molecular complexity index is 1070. The molecule has 1 heterocycles. The second-order valence-electron chi connectivity index (χ2n) is 5.70. The highest BCUT2D eigenvalue weighted by Gasteiger charge is 2.24. The minimum Gasteiger partial charge on any atom is -0.484 e. The van der Waals surface area contributed by atoms with E-state index in [0.29, 0.717) is 16.5 Å². The maximum Gasteiger partial charge on any atom is 0.355 e. The highest BCUT2D eigenvalue weighted by molar-refractivity contribution is 6.36. The van der Waals surface area contributed by atoms with E-state index in [9.17, 15) is 14.9 Å². The molecule has 0 saturated heterocycles. The van der Waals surface area contributed by atoms with E-state index in [1.54, 1.807) is 36.4 Å². The standard InChI is InChI=1S/C18H14Cl2N6O4/c19-11-6-7-14(13(20)8-11)23-17-16(26(28)29)18(22-10-21-17)25-24-15(27)9-30-12-4-2-1-3-5-12/h1-8,10H,9H2,(H,24,27)(H2,21,22,23,25). The van der Waals surface area contributed by atoms with Crippen molar-refractivity contribution in [1.82, 2.24) is 15.4 Å². The molecule has 3 N–H and O–H groups in total. The van der Waals surface area contributed by atoms with Crippen molar-refractivity contribution in [1.29, 1.82) is 0 Å². The van der Waals surface area contributed by atoms with E-state index < -0.39 is 16.5 Å². The molecule has 3 aromatic rings. The molecular weight excluding hydrogens is 435 g/mol. The van der Waals surface area contributed by atoms with Crippen LogP contribution in [0.3, 0.4) is 0 Å². The Morgan fingerprint density at radius 1 is 1.10 bits per heavy atom. The first-order valence-corrected chi connectivity index (χ1v) is 9.14. The number of aromatic nitrogens is 2. The van der Waals surface area contributed by atoms with Gasteiger partial charge in [0.2, 0.25) is 11.6 Å². The van der Waals surface area contributed by atoms with Crippen molar-refractivity contribution in [3.05, 3.63) is 75.0 Å². The van der Waals surface area contributed by atoms with Crippen LogP contribution in [-0.2, 0) is 4.79 Å². The van der Waals surface area contributed by atoms with Crippen LogP contribution in [0, 0.1) is 10.1 Å². The van der Waals surface area contributed by atoms with E-state index in [1.165, 1.54) is 6.07 Å². The quantitative estimate of drug-likeness (QED) is 0.348. The molecular formula is C18H14Cl2N6O4. The third-order valence-electron chi connectivity index (χ3n) is 3.62. The third kappa shape index (κ3) is 5.46. The van der Waals surface area contributed by atoms with Gasteiger partial charge in [0.1, 0.15) is 12.1 Å². The Labute approximate surface area is 180 Å². The van der Waals surface area contributed by atoms with Gasteiger partial charge in [-0.3, -0.25) is 25.8 Å². The predicted octanol–water partition coefficient (Wildman–Crippen LogP) is 3.96. The number of carbonyl (C=O) groups is 1. The van der Waals surface area contributed by atoms with Crippen molar-refractivity contribution in [2.24, 2.45) is 0 Å². The van der Waals surface area contributed by atoms with Gasteiger partial charge in [-0.05, 0) is 30.3 Å². The number of amides is 1. The van der Waals surface area contributed by atoms with Crippen LogP contribution in [0.4, 0.5) is 23.0 Å². The molecule has 1 aromatic heterocycles. The van der Waals surface area contributed by atoms with Crippen molar-refractivity contribution in [2.75, 3.05) is 17.3 Å². The molecule has 10 nitrogen and oxygen atoms in total. The molecule has 0 aliphatic carbocycles. The number of benzene rings is 2. The zero-order valence-corrected chi connectivity index (χ0v) is 16.6. The summed E-state index contributed by atoms with van der Waals surface area (Å²) in [5.41, 5.74) is 4.57. The number of rotatable bonds is 8. The summed E-state index contributed by atoms with van der Waals surface area (Å²) >= 11 is 11.9. The Hall–Kier alpha value is -3.63. The zero-order valence-electron chi connectivity index (χ0n) is 15.1. The fourth-order valence-electron chi connectivity index (χ4n) is 2.28. The summed E-state index contributed by atoms with van der Waals surface area (Å²) in [4.78, 5) is 30.6. The van der Waals surface area contributed by atoms with Crippen LogP contribution in [0.1, 0.15) is 0 Å². The molecule has 0 aliphatic heterocycles. The normalized spacial score (nSPS) is 10.2. The second kappa shape index (κ2) is 9.72. The van der Waals surface area contributed by atoms with Gasteiger partial charge in [-0.2, -0.15) is 0 Å². The van der Waals surface area contributed by atoms with Crippen LogP contribution in [0.5, 0.6) is 5.75 Å². The number of nitro groups is 1. The number of para-hydroxylation sites is 1. The van der Waals surface area contributed by atoms with Gasteiger partial charge >= 0.3 is 5.69 Å². The van der Waals surface area contributed by atoms with Gasteiger partial charge in [0.25, 0.3) is 5.91 Å². The topological polar surface area (TPSA) is 131 Å². The van der Waals surface area contributed by atoms with E-state index in [0.717, 1.165) is 6.33 Å². The molecule has 12 heteroatoms. The average molecular weight is 449 g/mol. The lowest BCUT2D eigenvalue weighted by molar-refractivity contribution is -0.383. The average Bonchev–Trinajstić information content (AvgIpc) is 2.73. The van der Waals surface area contributed by atoms with Crippen molar-refractivity contribution < 1.29 is 14.5 Å². The first-order valence-electron chi connectivity index (χ1n) is 8.38. The summed E-state index contributed by atoms with van der Waals surface area (Å²) in [5, 5.41) is 15.0. The lowest BCUT2D eigenvalue weighted by atomic mass is 10.3. The van der Waals surface area contributed by atoms with Crippen LogP contribution in [0.2, 0.25) is 10.0 Å². The molecule has 0 saturated carbocycles. The molecule has 0 aliphatic rings. The zero-order chi connectivity index (χ0) is 21.5. The SMILES string of the molecule is O=C(COc1ccccc1)NNc1ncnc(Nc2ccc(Cl)cc2Cl)c1[N+](=O)[O-]. The summed E-state index contributed by atoms with van der Waals surface area (Å²) < 4.78 is 5.30. The summed E-state index contributed by atoms with van der Waals surface area (Å²) in [5.74, 6) is -0.416. The minimum atomic E-state index is -0.693. The number of nitrogens with one attached hydrogen (secondary N) is 3. The van der Waals surface area contributed by atoms with Gasteiger partial charge < -0.3 is 10.1 Å². The van der Waals surface area contributed by atoms with E-state index in [2.05, 4.69) is 26.1 Å². The fraction of sp³-hybridized carbons (Fsp3) is 0.0556. The molecule has 0 atom stereocenters. The van der Waals surface area contributed by atoms with Crippen LogP contribution in [0.25, 0.3) is 0 Å². The first-order chi connectivity index (χ1) is 14.4. The maximum atomic E-state index is 12.0. The number of hydrogen-bond acceptors (Lipinski definition) is 8. The molecule has 0 unspecified atom stereocenters. The number of carbonyl (C=O) groups excluding carboxylic acids is 1. The van der Waals surface area contributed by atoms with E-state index in [4.69, 9.17) is 27.9 Å². The first kappa shape index (κ1) is 21.1. The van der Waals surface area contributed by atoms with E-state index in [-0.39, 0.29) is 23.3 Å². The number of anilines is 3. The number of hydrazine groups is 1. The summed E-state index contributed by atoms with van der Waals surface area (Å²) in [6.45, 7) is -0.304. The summed E-state index contributed by atoms with van der Waals surface area (Å²) in [6.07, 6.45) is 1.09. The Morgan fingerprint density at radius 2 is 1.83 bits per heavy atom. The predicted molar refractivity (Wildman–Crippen MR) is 112 cm³/mol. The molecule has 30 heavy (non-hydrogen) atoms. The van der Waals surface area contributed by atoms with Gasteiger partial charge in [-0.25, -0.2) is 9.97 Å². The smallest absolute Gasteiger partial charge is 0.355 e. The molecule has 154 valence electrons. The Morgan fingerprint density at radius 3 is 2.53 bits per heavy atom. The molecule has 0 spiro atoms. The monoisotopic (exact) mass is 448 g/mol. The molecule has 0 bridgehead atoms. The van der Waals surface area contributed by atoms with Crippen LogP contribution in [-0.4, -0.2) is 27.4 Å². The maximum absolute atomic E-state index is 12.0. The number of nitrogens with zero attached hydrogens (tertiary/aromatic N) is 3. The summed E-state index contributed by atoms with van der Waals surface area (Å²) in [7, 11) is 0. The van der Waals surface area contributed by atoms with Gasteiger partial charge in [-0.1, -0.05) is 41.4 Å². The molecule has 3 rings (SSSR count). The number of hydrogen-bond donors (Lipinski definition) is 3. The Kier molecular flexibility index (Phi) is 6.83. The van der Waals surface area contributed by atoms with Crippen LogP contribution in [0.15, 0.2) is 54.9 Å². The molecule has 1 amide bonds. The van der Waals surface area contributed by atoms with Crippen LogP contribution >= 0.6 is 23.2 Å². The largest absolute Gasteiger partial charge is 0.484 e. The van der Waals surface area contributed by atoms with Gasteiger partial charge in [0.15, 0.2) is 6.61 Å². The van der Waals surface area contributed by atoms with Crippen molar-refractivity contribution in [2.45, 2.75) is 0 Å². The van der Waals surface area contributed by atoms with Gasteiger partial charge in [-0.15, -0.1) is 0 Å². The number of halogens is 2. The fourth-order valence-corrected chi connectivity index (χ4v) is 2.74. The lowest BCUT2D eigenvalue weighted by Crippen LogP contribution is -2.34. The van der Waals surface area contributed by atoms with Crippen molar-refractivity contribution in [3.63, 3.8) is 0 Å². The van der Waals surface area contributed by atoms with Gasteiger partial charge in [0, 0.05) is 5.02 Å². The minimum absolute atomic E-state index is 0.128. The summed E-state index contributed by atoms with van der Waals surface area (Å²) in [6, 6.07) is 13.3. The van der Waals surface area contributed by atoms with E-state index >= 15 is 0 Å². The molecule has 2 aromatic carbocycles.